The van der Waals surface area contributed by atoms with E-state index >= 15 is 0 Å². The summed E-state index contributed by atoms with van der Waals surface area (Å²) in [6.45, 7) is 0.200. The topological polar surface area (TPSA) is 46.2 Å². The molecule has 0 spiro atoms. The average molecular weight is 181 g/mol. The Morgan fingerprint density at radius 1 is 1.54 bits per heavy atom. The molecule has 13 heavy (non-hydrogen) atoms. The maximum absolute atomic E-state index is 12.8. The Labute approximate surface area is 76.2 Å². The third-order valence-corrected chi connectivity index (χ3v) is 2.71. The van der Waals surface area contributed by atoms with E-state index in [9.17, 15) is 9.50 Å². The van der Waals surface area contributed by atoms with Crippen LogP contribution in [0.2, 0.25) is 0 Å². The van der Waals surface area contributed by atoms with Crippen LogP contribution in [-0.4, -0.2) is 11.7 Å². The molecule has 0 unspecified atom stereocenters. The predicted molar refractivity (Wildman–Crippen MR) is 47.7 cm³/mol. The van der Waals surface area contributed by atoms with E-state index < -0.39 is 5.60 Å². The molecule has 0 radical (unpaired) electrons. The van der Waals surface area contributed by atoms with Gasteiger partial charge in [0, 0.05) is 6.54 Å². The minimum Gasteiger partial charge on any atom is -0.384 e. The van der Waals surface area contributed by atoms with Crippen LogP contribution in [0.3, 0.4) is 0 Å². The van der Waals surface area contributed by atoms with Crippen molar-refractivity contribution in [3.05, 3.63) is 35.1 Å². The van der Waals surface area contributed by atoms with Gasteiger partial charge in [0.2, 0.25) is 0 Å². The molecule has 0 amide bonds. The lowest BCUT2D eigenvalue weighted by atomic mass is 9.96. The maximum Gasteiger partial charge on any atom is 0.123 e. The molecule has 1 aromatic rings. The first-order valence-electron chi connectivity index (χ1n) is 4.37. The van der Waals surface area contributed by atoms with Crippen molar-refractivity contribution in [3.63, 3.8) is 0 Å². The molecule has 3 N–H and O–H groups in total. The molecule has 1 aliphatic carbocycles. The van der Waals surface area contributed by atoms with Crippen molar-refractivity contribution in [3.8, 4) is 0 Å². The molecule has 1 aromatic carbocycles. The van der Waals surface area contributed by atoms with Gasteiger partial charge in [-0.2, -0.15) is 0 Å². The van der Waals surface area contributed by atoms with Crippen LogP contribution in [0.25, 0.3) is 0 Å². The number of benzene rings is 1. The monoisotopic (exact) mass is 181 g/mol. The third kappa shape index (κ3) is 1.24. The van der Waals surface area contributed by atoms with Crippen molar-refractivity contribution in [2.45, 2.75) is 18.4 Å². The average Bonchev–Trinajstić information content (AvgIpc) is 2.45. The molecule has 2 rings (SSSR count). The highest BCUT2D eigenvalue weighted by Gasteiger charge is 2.35. The summed E-state index contributed by atoms with van der Waals surface area (Å²) < 4.78 is 12.8. The summed E-state index contributed by atoms with van der Waals surface area (Å²) in [6.07, 6.45) is 1.31. The molecule has 0 heterocycles. The molecule has 0 saturated heterocycles. The Morgan fingerprint density at radius 2 is 2.31 bits per heavy atom. The van der Waals surface area contributed by atoms with E-state index in [1.807, 2.05) is 0 Å². The van der Waals surface area contributed by atoms with Gasteiger partial charge in [-0.05, 0) is 36.1 Å². The van der Waals surface area contributed by atoms with Crippen LogP contribution in [0, 0.1) is 5.82 Å². The molecule has 3 heteroatoms. The van der Waals surface area contributed by atoms with E-state index in [1.54, 1.807) is 6.07 Å². The molecule has 70 valence electrons. The molecule has 0 fully saturated rings. The Kier molecular flexibility index (Phi) is 1.86. The lowest BCUT2D eigenvalue weighted by Crippen LogP contribution is -2.32. The number of halogens is 1. The molecule has 0 saturated carbocycles. The lowest BCUT2D eigenvalue weighted by Gasteiger charge is -2.21. The van der Waals surface area contributed by atoms with E-state index in [0.29, 0.717) is 12.8 Å². The Bertz CT molecular complexity index is 340. The fourth-order valence-electron chi connectivity index (χ4n) is 1.91. The molecule has 1 aliphatic rings. The predicted octanol–water partition coefficient (Wildman–Crippen LogP) is 0.918. The Hall–Kier alpha value is -0.930. The fourth-order valence-corrected chi connectivity index (χ4v) is 1.91. The summed E-state index contributed by atoms with van der Waals surface area (Å²) in [5.74, 6) is -0.250. The summed E-state index contributed by atoms with van der Waals surface area (Å²) in [6, 6.07) is 4.47. The van der Waals surface area contributed by atoms with Crippen LogP contribution in [0.4, 0.5) is 4.39 Å². The van der Waals surface area contributed by atoms with Crippen LogP contribution in [0.1, 0.15) is 17.5 Å². The molecule has 0 bridgehead atoms. The zero-order valence-corrected chi connectivity index (χ0v) is 7.26. The molecule has 0 aromatic heterocycles. The second kappa shape index (κ2) is 2.79. The van der Waals surface area contributed by atoms with Crippen LogP contribution >= 0.6 is 0 Å². The molecular formula is C10H12FNO. The number of fused-ring (bicyclic) bond motifs is 1. The van der Waals surface area contributed by atoms with Crippen LogP contribution < -0.4 is 5.73 Å². The van der Waals surface area contributed by atoms with Crippen molar-refractivity contribution in [2.24, 2.45) is 5.73 Å². The molecule has 2 nitrogen and oxygen atoms in total. The number of nitrogens with two attached hydrogens (primary N) is 1. The number of rotatable bonds is 1. The van der Waals surface area contributed by atoms with E-state index in [-0.39, 0.29) is 12.4 Å². The number of aliphatic hydroxyl groups is 1. The quantitative estimate of drug-likeness (QED) is 0.676. The standard InChI is InChI=1S/C10H12FNO/c11-8-1-2-9-7(5-8)3-4-10(9,13)6-12/h1-2,5,13H,3-4,6,12H2/t10-/m1/s1. The highest BCUT2D eigenvalue weighted by Crippen LogP contribution is 2.36. The van der Waals surface area contributed by atoms with Gasteiger partial charge in [0.1, 0.15) is 11.4 Å². The van der Waals surface area contributed by atoms with Crippen LogP contribution in [0.15, 0.2) is 18.2 Å². The zero-order chi connectivity index (χ0) is 9.47. The van der Waals surface area contributed by atoms with E-state index in [0.717, 1.165) is 11.1 Å². The third-order valence-electron chi connectivity index (χ3n) is 2.71. The van der Waals surface area contributed by atoms with Gasteiger partial charge in [-0.1, -0.05) is 6.07 Å². The summed E-state index contributed by atoms with van der Waals surface area (Å²) in [7, 11) is 0. The van der Waals surface area contributed by atoms with Crippen molar-refractivity contribution < 1.29 is 9.50 Å². The smallest absolute Gasteiger partial charge is 0.123 e. The number of hydrogen-bond acceptors (Lipinski definition) is 2. The second-order valence-electron chi connectivity index (χ2n) is 3.54. The lowest BCUT2D eigenvalue weighted by molar-refractivity contribution is 0.0481. The summed E-state index contributed by atoms with van der Waals surface area (Å²) in [4.78, 5) is 0. The Morgan fingerprint density at radius 3 is 3.00 bits per heavy atom. The van der Waals surface area contributed by atoms with Gasteiger partial charge >= 0.3 is 0 Å². The molecule has 0 aliphatic heterocycles. The molecular weight excluding hydrogens is 169 g/mol. The van der Waals surface area contributed by atoms with E-state index in [1.165, 1.54) is 12.1 Å². The minimum absolute atomic E-state index is 0.200. The van der Waals surface area contributed by atoms with Gasteiger partial charge < -0.3 is 10.8 Å². The second-order valence-corrected chi connectivity index (χ2v) is 3.54. The van der Waals surface area contributed by atoms with Gasteiger partial charge in [-0.25, -0.2) is 4.39 Å². The Balaban J connectivity index is 2.49. The van der Waals surface area contributed by atoms with Crippen molar-refractivity contribution in [1.82, 2.24) is 0 Å². The van der Waals surface area contributed by atoms with Gasteiger partial charge in [-0.3, -0.25) is 0 Å². The van der Waals surface area contributed by atoms with Crippen molar-refractivity contribution >= 4 is 0 Å². The summed E-state index contributed by atoms with van der Waals surface area (Å²) in [5.41, 5.74) is 6.22. The largest absolute Gasteiger partial charge is 0.384 e. The maximum atomic E-state index is 12.8. The highest BCUT2D eigenvalue weighted by molar-refractivity contribution is 5.37. The SMILES string of the molecule is NC[C@]1(O)CCc2cc(F)ccc21. The van der Waals surface area contributed by atoms with Gasteiger partial charge in [0.15, 0.2) is 0 Å². The molecule has 1 atom stereocenters. The normalized spacial score (nSPS) is 26.1. The summed E-state index contributed by atoms with van der Waals surface area (Å²) >= 11 is 0. The van der Waals surface area contributed by atoms with Crippen molar-refractivity contribution in [2.75, 3.05) is 6.54 Å². The van der Waals surface area contributed by atoms with E-state index in [4.69, 9.17) is 5.73 Å². The first kappa shape index (κ1) is 8.66. The highest BCUT2D eigenvalue weighted by atomic mass is 19.1. The number of aryl methyl sites for hydroxylation is 1. The van der Waals surface area contributed by atoms with Crippen LogP contribution in [0.5, 0.6) is 0 Å². The fraction of sp³-hybridized carbons (Fsp3) is 0.400. The van der Waals surface area contributed by atoms with E-state index in [2.05, 4.69) is 0 Å². The minimum atomic E-state index is -0.928. The van der Waals surface area contributed by atoms with Gasteiger partial charge in [-0.15, -0.1) is 0 Å². The number of hydrogen-bond donors (Lipinski definition) is 2. The first-order valence-corrected chi connectivity index (χ1v) is 4.37. The van der Waals surface area contributed by atoms with Crippen LogP contribution in [-0.2, 0) is 12.0 Å². The van der Waals surface area contributed by atoms with Gasteiger partial charge in [0.05, 0.1) is 0 Å². The van der Waals surface area contributed by atoms with Gasteiger partial charge in [0.25, 0.3) is 0 Å². The first-order chi connectivity index (χ1) is 6.15. The zero-order valence-electron chi connectivity index (χ0n) is 7.26. The van der Waals surface area contributed by atoms with Crippen molar-refractivity contribution in [1.29, 1.82) is 0 Å². The summed E-state index contributed by atoms with van der Waals surface area (Å²) in [5, 5.41) is 10.00.